The van der Waals surface area contributed by atoms with Crippen molar-refractivity contribution >= 4 is 0 Å². The van der Waals surface area contributed by atoms with E-state index in [1.807, 2.05) is 17.8 Å². The number of rotatable bonds is 4. The third-order valence-electron chi connectivity index (χ3n) is 2.83. The third-order valence-corrected chi connectivity index (χ3v) is 2.83. The van der Waals surface area contributed by atoms with Crippen molar-refractivity contribution in [3.63, 3.8) is 0 Å². The average molecular weight is 234 g/mol. The molecule has 1 aromatic heterocycles. The zero-order chi connectivity index (χ0) is 12.3. The standard InChI is InChI=1S/C13H15FN2O/c1-16-9-8-15-13(16)7-6-12(17)10-4-2-3-5-11(10)14/h2-5,8-9,12,17H,6-7H2,1H3. The largest absolute Gasteiger partial charge is 0.388 e. The molecule has 2 rings (SSSR count). The average Bonchev–Trinajstić information content (AvgIpc) is 2.72. The Morgan fingerprint density at radius 3 is 2.82 bits per heavy atom. The van der Waals surface area contributed by atoms with Gasteiger partial charge >= 0.3 is 0 Å². The molecular formula is C13H15FN2O. The van der Waals surface area contributed by atoms with E-state index in [4.69, 9.17) is 0 Å². The van der Waals surface area contributed by atoms with E-state index in [2.05, 4.69) is 4.98 Å². The van der Waals surface area contributed by atoms with Crippen molar-refractivity contribution in [2.75, 3.05) is 0 Å². The summed E-state index contributed by atoms with van der Waals surface area (Å²) in [5, 5.41) is 9.91. The van der Waals surface area contributed by atoms with Crippen LogP contribution in [0.15, 0.2) is 36.7 Å². The zero-order valence-corrected chi connectivity index (χ0v) is 9.68. The van der Waals surface area contributed by atoms with Crippen molar-refractivity contribution in [1.82, 2.24) is 9.55 Å². The normalized spacial score (nSPS) is 12.6. The van der Waals surface area contributed by atoms with Crippen molar-refractivity contribution in [1.29, 1.82) is 0 Å². The molecular weight excluding hydrogens is 219 g/mol. The number of aliphatic hydroxyl groups excluding tert-OH is 1. The molecule has 4 heteroatoms. The van der Waals surface area contributed by atoms with E-state index >= 15 is 0 Å². The Labute approximate surface area is 99.5 Å². The minimum atomic E-state index is -0.784. The number of halogens is 1. The number of imidazole rings is 1. The highest BCUT2D eigenvalue weighted by atomic mass is 19.1. The molecule has 1 unspecified atom stereocenters. The molecule has 1 N–H and O–H groups in total. The fourth-order valence-electron chi connectivity index (χ4n) is 1.80. The van der Waals surface area contributed by atoms with E-state index in [0.29, 0.717) is 18.4 Å². The molecule has 0 amide bonds. The van der Waals surface area contributed by atoms with Gasteiger partial charge in [0.1, 0.15) is 11.6 Å². The molecule has 0 radical (unpaired) electrons. The van der Waals surface area contributed by atoms with Crippen LogP contribution >= 0.6 is 0 Å². The quantitative estimate of drug-likeness (QED) is 0.880. The predicted octanol–water partition coefficient (Wildman–Crippen LogP) is 2.23. The van der Waals surface area contributed by atoms with Crippen LogP contribution in [-0.4, -0.2) is 14.7 Å². The number of aliphatic hydroxyl groups is 1. The van der Waals surface area contributed by atoms with Gasteiger partial charge in [0.25, 0.3) is 0 Å². The number of nitrogens with zero attached hydrogens (tertiary/aromatic N) is 2. The lowest BCUT2D eigenvalue weighted by molar-refractivity contribution is 0.162. The first-order valence-electron chi connectivity index (χ1n) is 5.57. The summed E-state index contributed by atoms with van der Waals surface area (Å²) < 4.78 is 15.3. The lowest BCUT2D eigenvalue weighted by Gasteiger charge is -2.11. The minimum absolute atomic E-state index is 0.349. The SMILES string of the molecule is Cn1ccnc1CCC(O)c1ccccc1F. The van der Waals surface area contributed by atoms with Crippen LogP contribution in [0.5, 0.6) is 0 Å². The fraction of sp³-hybridized carbons (Fsp3) is 0.308. The Balaban J connectivity index is 2.01. The molecule has 90 valence electrons. The maximum atomic E-state index is 13.4. The molecule has 0 fully saturated rings. The maximum Gasteiger partial charge on any atom is 0.128 e. The number of hydrogen-bond acceptors (Lipinski definition) is 2. The summed E-state index contributed by atoms with van der Waals surface area (Å²) in [6.07, 6.45) is 3.87. The van der Waals surface area contributed by atoms with E-state index in [1.54, 1.807) is 24.4 Å². The summed E-state index contributed by atoms with van der Waals surface area (Å²) in [6.45, 7) is 0. The molecule has 1 heterocycles. The summed E-state index contributed by atoms with van der Waals surface area (Å²) in [5.41, 5.74) is 0.349. The summed E-state index contributed by atoms with van der Waals surface area (Å²) in [4.78, 5) is 4.16. The van der Waals surface area contributed by atoms with E-state index in [0.717, 1.165) is 5.82 Å². The van der Waals surface area contributed by atoms with Crippen molar-refractivity contribution in [2.24, 2.45) is 7.05 Å². The maximum absolute atomic E-state index is 13.4. The highest BCUT2D eigenvalue weighted by Crippen LogP contribution is 2.21. The summed E-state index contributed by atoms with van der Waals surface area (Å²) >= 11 is 0. The second kappa shape index (κ2) is 5.10. The van der Waals surface area contributed by atoms with Crippen LogP contribution < -0.4 is 0 Å². The second-order valence-electron chi connectivity index (χ2n) is 4.03. The molecule has 0 aliphatic carbocycles. The highest BCUT2D eigenvalue weighted by Gasteiger charge is 2.12. The van der Waals surface area contributed by atoms with Crippen LogP contribution in [0, 0.1) is 5.82 Å². The zero-order valence-electron chi connectivity index (χ0n) is 9.68. The summed E-state index contributed by atoms with van der Waals surface area (Å²) in [5.74, 6) is 0.528. The Morgan fingerprint density at radius 2 is 2.18 bits per heavy atom. The van der Waals surface area contributed by atoms with E-state index in [1.165, 1.54) is 6.07 Å². The van der Waals surface area contributed by atoms with Crippen LogP contribution in [0.3, 0.4) is 0 Å². The number of hydrogen-bond donors (Lipinski definition) is 1. The van der Waals surface area contributed by atoms with Gasteiger partial charge in [-0.25, -0.2) is 9.37 Å². The van der Waals surface area contributed by atoms with E-state index in [9.17, 15) is 9.50 Å². The smallest absolute Gasteiger partial charge is 0.128 e. The number of aromatic nitrogens is 2. The molecule has 1 atom stereocenters. The third kappa shape index (κ3) is 2.71. The van der Waals surface area contributed by atoms with Gasteiger partial charge in [0, 0.05) is 31.4 Å². The van der Waals surface area contributed by atoms with E-state index in [-0.39, 0.29) is 5.82 Å². The molecule has 0 saturated heterocycles. The molecule has 1 aromatic carbocycles. The van der Waals surface area contributed by atoms with Crippen molar-refractivity contribution in [3.8, 4) is 0 Å². The molecule has 17 heavy (non-hydrogen) atoms. The van der Waals surface area contributed by atoms with Crippen LogP contribution in [0.2, 0.25) is 0 Å². The van der Waals surface area contributed by atoms with Crippen LogP contribution in [0.1, 0.15) is 23.9 Å². The molecule has 0 aliphatic rings. The Morgan fingerprint density at radius 1 is 1.41 bits per heavy atom. The van der Waals surface area contributed by atoms with Gasteiger partial charge in [0.05, 0.1) is 6.10 Å². The van der Waals surface area contributed by atoms with Crippen LogP contribution in [-0.2, 0) is 13.5 Å². The molecule has 0 bridgehead atoms. The molecule has 0 spiro atoms. The molecule has 3 nitrogen and oxygen atoms in total. The van der Waals surface area contributed by atoms with Gasteiger partial charge in [0.2, 0.25) is 0 Å². The topological polar surface area (TPSA) is 38.0 Å². The Bertz CT molecular complexity index is 496. The Kier molecular flexibility index (Phi) is 3.54. The first-order valence-corrected chi connectivity index (χ1v) is 5.57. The van der Waals surface area contributed by atoms with Gasteiger partial charge in [-0.05, 0) is 12.5 Å². The van der Waals surface area contributed by atoms with Crippen LogP contribution in [0.25, 0.3) is 0 Å². The van der Waals surface area contributed by atoms with Crippen LogP contribution in [0.4, 0.5) is 4.39 Å². The van der Waals surface area contributed by atoms with Gasteiger partial charge < -0.3 is 9.67 Å². The van der Waals surface area contributed by atoms with Gasteiger partial charge in [-0.1, -0.05) is 18.2 Å². The molecule has 0 aliphatic heterocycles. The van der Waals surface area contributed by atoms with Crippen molar-refractivity contribution in [2.45, 2.75) is 18.9 Å². The van der Waals surface area contributed by atoms with Gasteiger partial charge in [0.15, 0.2) is 0 Å². The minimum Gasteiger partial charge on any atom is -0.388 e. The fourth-order valence-corrected chi connectivity index (χ4v) is 1.80. The lowest BCUT2D eigenvalue weighted by Crippen LogP contribution is -2.05. The monoisotopic (exact) mass is 234 g/mol. The molecule has 0 saturated carbocycles. The predicted molar refractivity (Wildman–Crippen MR) is 62.9 cm³/mol. The van der Waals surface area contributed by atoms with Gasteiger partial charge in [-0.15, -0.1) is 0 Å². The van der Waals surface area contributed by atoms with Gasteiger partial charge in [-0.2, -0.15) is 0 Å². The summed E-state index contributed by atoms with van der Waals surface area (Å²) in [7, 11) is 1.90. The van der Waals surface area contributed by atoms with Crippen molar-refractivity contribution < 1.29 is 9.50 Å². The first kappa shape index (κ1) is 11.8. The second-order valence-corrected chi connectivity index (χ2v) is 4.03. The Hall–Kier alpha value is -1.68. The number of benzene rings is 1. The number of aryl methyl sites for hydroxylation is 2. The molecule has 2 aromatic rings. The first-order chi connectivity index (χ1) is 8.18. The summed E-state index contributed by atoms with van der Waals surface area (Å²) in [6, 6.07) is 6.31. The highest BCUT2D eigenvalue weighted by molar-refractivity contribution is 5.19. The van der Waals surface area contributed by atoms with Gasteiger partial charge in [-0.3, -0.25) is 0 Å². The lowest BCUT2D eigenvalue weighted by atomic mass is 10.0. The van der Waals surface area contributed by atoms with Crippen molar-refractivity contribution in [3.05, 3.63) is 53.9 Å². The van der Waals surface area contributed by atoms with E-state index < -0.39 is 6.10 Å².